The number of likely N-dealkylation sites (tertiary alicyclic amines) is 1. The molecule has 0 radical (unpaired) electrons. The number of para-hydroxylation sites is 1. The van der Waals surface area contributed by atoms with Gasteiger partial charge in [-0.1, -0.05) is 44.5 Å². The third-order valence-electron chi connectivity index (χ3n) is 9.45. The molecule has 4 aliphatic rings. The van der Waals surface area contributed by atoms with Crippen LogP contribution in [0.5, 0.6) is 11.5 Å². The number of rotatable bonds is 3. The van der Waals surface area contributed by atoms with Crippen molar-refractivity contribution >= 4 is 10.9 Å². The molecular formula is C28H32N2O2. The van der Waals surface area contributed by atoms with Crippen molar-refractivity contribution in [3.63, 3.8) is 0 Å². The lowest BCUT2D eigenvalue weighted by molar-refractivity contribution is -0.108. The van der Waals surface area contributed by atoms with Crippen molar-refractivity contribution in [2.45, 2.75) is 63.5 Å². The molecule has 1 spiro atoms. The number of aromatic amines is 1. The fourth-order valence-corrected chi connectivity index (χ4v) is 8.10. The molecule has 2 bridgehead atoms. The summed E-state index contributed by atoms with van der Waals surface area (Å²) in [4.78, 5) is 6.41. The van der Waals surface area contributed by atoms with E-state index >= 15 is 0 Å². The van der Waals surface area contributed by atoms with Gasteiger partial charge in [-0.05, 0) is 68.5 Å². The van der Waals surface area contributed by atoms with Crippen LogP contribution < -0.4 is 4.74 Å². The number of hydrogen-bond donors (Lipinski definition) is 2. The molecular weight excluding hydrogens is 396 g/mol. The lowest BCUT2D eigenvalue weighted by atomic mass is 9.42. The molecule has 1 fully saturated rings. The van der Waals surface area contributed by atoms with Crippen molar-refractivity contribution in [2.75, 3.05) is 13.6 Å². The van der Waals surface area contributed by atoms with Crippen LogP contribution in [0.15, 0.2) is 36.4 Å². The molecule has 2 aliphatic heterocycles. The summed E-state index contributed by atoms with van der Waals surface area (Å²) in [5.41, 5.74) is 6.65. The average molecular weight is 429 g/mol. The summed E-state index contributed by atoms with van der Waals surface area (Å²) >= 11 is 0. The highest BCUT2D eigenvalue weighted by atomic mass is 16.5. The van der Waals surface area contributed by atoms with E-state index in [4.69, 9.17) is 4.74 Å². The minimum absolute atomic E-state index is 0.0515. The van der Waals surface area contributed by atoms with Gasteiger partial charge in [0.05, 0.1) is 11.1 Å². The van der Waals surface area contributed by atoms with Gasteiger partial charge in [0, 0.05) is 27.9 Å². The predicted octanol–water partition coefficient (Wildman–Crippen LogP) is 5.48. The highest BCUT2D eigenvalue weighted by Gasteiger charge is 2.72. The molecule has 2 N–H and O–H groups in total. The quantitative estimate of drug-likeness (QED) is 0.580. The standard InChI is InChI=1S/C28H32N2O2/c1-16(2)10-11-27-15-19-18-6-4-5-7-20(18)29-24(19)26-28(27)12-13-30(3)22(27)14-17-8-9-21(31)25(32-26)23(17)28/h4-9,16,22,26,29,31H,10-15H2,1-3H3/t22-,26+,27+,28+/m1/s1. The summed E-state index contributed by atoms with van der Waals surface area (Å²) in [6.45, 7) is 5.78. The summed E-state index contributed by atoms with van der Waals surface area (Å²) in [5, 5.41) is 12.2. The number of fused-ring (bicyclic) bond motifs is 4. The summed E-state index contributed by atoms with van der Waals surface area (Å²) in [5.74, 6) is 1.73. The molecule has 7 rings (SSSR count). The van der Waals surface area contributed by atoms with Crippen molar-refractivity contribution < 1.29 is 9.84 Å². The van der Waals surface area contributed by atoms with Crippen LogP contribution in [0.3, 0.4) is 0 Å². The smallest absolute Gasteiger partial charge is 0.166 e. The summed E-state index contributed by atoms with van der Waals surface area (Å²) < 4.78 is 6.83. The molecule has 32 heavy (non-hydrogen) atoms. The second-order valence-electron chi connectivity index (χ2n) is 11.2. The third kappa shape index (κ3) is 2.04. The molecule has 1 saturated heterocycles. The highest BCUT2D eigenvalue weighted by Crippen LogP contribution is 2.73. The number of phenolic OH excluding ortho intramolecular Hbond substituents is 1. The molecule has 4 atom stereocenters. The second kappa shape index (κ2) is 6.11. The van der Waals surface area contributed by atoms with Crippen LogP contribution in [0.4, 0.5) is 0 Å². The minimum atomic E-state index is -0.0748. The average Bonchev–Trinajstić information content (AvgIpc) is 3.32. The van der Waals surface area contributed by atoms with E-state index in [0.717, 1.165) is 31.6 Å². The molecule has 0 saturated carbocycles. The van der Waals surface area contributed by atoms with Gasteiger partial charge in [-0.15, -0.1) is 0 Å². The maximum absolute atomic E-state index is 10.9. The predicted molar refractivity (Wildman–Crippen MR) is 126 cm³/mol. The maximum atomic E-state index is 10.9. The zero-order valence-corrected chi connectivity index (χ0v) is 19.2. The van der Waals surface area contributed by atoms with Crippen molar-refractivity contribution in [2.24, 2.45) is 11.3 Å². The molecule has 2 aromatic carbocycles. The monoisotopic (exact) mass is 428 g/mol. The zero-order chi connectivity index (χ0) is 21.8. The number of hydrogen-bond acceptors (Lipinski definition) is 3. The van der Waals surface area contributed by atoms with Crippen molar-refractivity contribution in [3.8, 4) is 11.5 Å². The minimum Gasteiger partial charge on any atom is -0.504 e. The van der Waals surface area contributed by atoms with Gasteiger partial charge in [0.25, 0.3) is 0 Å². The zero-order valence-electron chi connectivity index (χ0n) is 19.2. The van der Waals surface area contributed by atoms with E-state index in [1.807, 2.05) is 6.07 Å². The van der Waals surface area contributed by atoms with Crippen molar-refractivity contribution in [1.29, 1.82) is 0 Å². The number of piperidine rings is 1. The van der Waals surface area contributed by atoms with E-state index in [-0.39, 0.29) is 16.9 Å². The molecule has 2 aliphatic carbocycles. The van der Waals surface area contributed by atoms with E-state index in [1.54, 1.807) is 0 Å². The normalized spacial score (nSPS) is 32.1. The first kappa shape index (κ1) is 19.0. The Labute approximate surface area is 189 Å². The number of H-pyrrole nitrogens is 1. The Morgan fingerprint density at radius 2 is 2.06 bits per heavy atom. The van der Waals surface area contributed by atoms with Gasteiger partial charge >= 0.3 is 0 Å². The number of aromatic hydroxyl groups is 1. The summed E-state index contributed by atoms with van der Waals surface area (Å²) in [6, 6.07) is 13.2. The van der Waals surface area contributed by atoms with Gasteiger partial charge in [0.15, 0.2) is 11.5 Å². The molecule has 0 unspecified atom stereocenters. The number of likely N-dealkylation sites (N-methyl/N-ethyl adjacent to an activating group) is 1. The first-order chi connectivity index (χ1) is 15.5. The van der Waals surface area contributed by atoms with Crippen LogP contribution in [-0.4, -0.2) is 34.6 Å². The first-order valence-electron chi connectivity index (χ1n) is 12.3. The van der Waals surface area contributed by atoms with Gasteiger partial charge in [0.1, 0.15) is 6.10 Å². The number of benzene rings is 2. The van der Waals surface area contributed by atoms with Crippen LogP contribution >= 0.6 is 0 Å². The molecule has 4 nitrogen and oxygen atoms in total. The maximum Gasteiger partial charge on any atom is 0.166 e. The Kier molecular flexibility index (Phi) is 3.63. The Morgan fingerprint density at radius 3 is 2.91 bits per heavy atom. The topological polar surface area (TPSA) is 48.5 Å². The second-order valence-corrected chi connectivity index (χ2v) is 11.2. The number of nitrogens with zero attached hydrogens (tertiary/aromatic N) is 1. The Balaban J connectivity index is 1.58. The van der Waals surface area contributed by atoms with Gasteiger partial charge in [-0.2, -0.15) is 0 Å². The van der Waals surface area contributed by atoms with Crippen LogP contribution in [0.1, 0.15) is 61.6 Å². The fraction of sp³-hybridized carbons (Fsp3) is 0.500. The van der Waals surface area contributed by atoms with E-state index in [2.05, 4.69) is 61.1 Å². The lowest BCUT2D eigenvalue weighted by Crippen LogP contribution is -2.69. The number of phenols is 1. The summed E-state index contributed by atoms with van der Waals surface area (Å²) in [6.07, 6.45) is 5.59. The Morgan fingerprint density at radius 1 is 1.22 bits per heavy atom. The van der Waals surface area contributed by atoms with Gasteiger partial charge in [-0.25, -0.2) is 0 Å². The van der Waals surface area contributed by atoms with Crippen LogP contribution in [0.2, 0.25) is 0 Å². The van der Waals surface area contributed by atoms with Gasteiger partial charge < -0.3 is 19.7 Å². The number of aromatic nitrogens is 1. The first-order valence-corrected chi connectivity index (χ1v) is 12.3. The van der Waals surface area contributed by atoms with E-state index in [9.17, 15) is 5.11 Å². The van der Waals surface area contributed by atoms with E-state index < -0.39 is 0 Å². The van der Waals surface area contributed by atoms with Crippen LogP contribution in [-0.2, 0) is 18.3 Å². The van der Waals surface area contributed by atoms with Gasteiger partial charge in [0.2, 0.25) is 0 Å². The molecule has 166 valence electrons. The van der Waals surface area contributed by atoms with E-state index in [0.29, 0.717) is 17.7 Å². The van der Waals surface area contributed by atoms with E-state index in [1.165, 1.54) is 46.1 Å². The Hall–Kier alpha value is -2.46. The largest absolute Gasteiger partial charge is 0.504 e. The van der Waals surface area contributed by atoms with Crippen LogP contribution in [0.25, 0.3) is 10.9 Å². The molecule has 3 aromatic rings. The third-order valence-corrected chi connectivity index (χ3v) is 9.45. The van der Waals surface area contributed by atoms with Crippen molar-refractivity contribution in [1.82, 2.24) is 9.88 Å². The van der Waals surface area contributed by atoms with Crippen LogP contribution in [0, 0.1) is 11.3 Å². The highest BCUT2D eigenvalue weighted by molar-refractivity contribution is 5.86. The fourth-order valence-electron chi connectivity index (χ4n) is 8.10. The van der Waals surface area contributed by atoms with Gasteiger partial charge in [-0.3, -0.25) is 0 Å². The van der Waals surface area contributed by atoms with Crippen molar-refractivity contribution in [3.05, 3.63) is 58.8 Å². The SMILES string of the molecule is CC(C)CC[C@@]12Cc3c([nH]c4ccccc34)[C@@H]3Oc4c(O)ccc5c4[C@@]31CCN(C)[C@@H]2C5. The lowest BCUT2D eigenvalue weighted by Gasteiger charge is -2.65. The number of ether oxygens (including phenoxy) is 1. The molecule has 3 heterocycles. The molecule has 1 aromatic heterocycles. The summed E-state index contributed by atoms with van der Waals surface area (Å²) in [7, 11) is 2.33. The Bertz CT molecular complexity index is 1260. The number of nitrogens with one attached hydrogen (secondary N) is 1. The molecule has 0 amide bonds. The molecule has 4 heteroatoms.